The first-order valence-electron chi connectivity index (χ1n) is 9.27. The molecular formula is C21H15ClFN3O5S. The molecule has 0 spiro atoms. The first-order valence-corrected chi connectivity index (χ1v) is 10.5. The maximum absolute atomic E-state index is 13.4. The van der Waals surface area contributed by atoms with Crippen LogP contribution in [0.4, 0.5) is 9.18 Å². The number of hydrogen-bond donors (Lipinski definition) is 2. The number of urea groups is 1. The minimum Gasteiger partial charge on any atom is -0.451 e. The van der Waals surface area contributed by atoms with E-state index in [2.05, 4.69) is 10.7 Å². The maximum atomic E-state index is 13.4. The lowest BCUT2D eigenvalue weighted by atomic mass is 9.92. The number of halogens is 2. The third-order valence-corrected chi connectivity index (χ3v) is 6.53. The fraction of sp³-hybridized carbons (Fsp3) is 0.143. The third kappa shape index (κ3) is 3.78. The summed E-state index contributed by atoms with van der Waals surface area (Å²) in [6.07, 6.45) is 0. The van der Waals surface area contributed by atoms with E-state index in [1.54, 1.807) is 30.3 Å². The predicted molar refractivity (Wildman–Crippen MR) is 114 cm³/mol. The molecule has 11 heteroatoms. The van der Waals surface area contributed by atoms with Gasteiger partial charge in [-0.05, 0) is 30.7 Å². The van der Waals surface area contributed by atoms with Crippen LogP contribution in [0.1, 0.15) is 22.2 Å². The summed E-state index contributed by atoms with van der Waals surface area (Å²) in [7, 11) is 0. The van der Waals surface area contributed by atoms with E-state index >= 15 is 0 Å². The lowest BCUT2D eigenvalue weighted by molar-refractivity contribution is -0.140. The van der Waals surface area contributed by atoms with E-state index in [1.807, 2.05) is 0 Å². The van der Waals surface area contributed by atoms with Gasteiger partial charge in [-0.2, -0.15) is 5.01 Å². The smallest absolute Gasteiger partial charge is 0.350 e. The van der Waals surface area contributed by atoms with Crippen LogP contribution in [0.25, 0.3) is 10.1 Å². The number of rotatable bonds is 5. The molecule has 32 heavy (non-hydrogen) atoms. The summed E-state index contributed by atoms with van der Waals surface area (Å²) >= 11 is 7.09. The number of ether oxygens (including phenoxy) is 1. The first kappa shape index (κ1) is 21.7. The summed E-state index contributed by atoms with van der Waals surface area (Å²) < 4.78 is 18.8. The Hall–Kier alpha value is -3.50. The summed E-state index contributed by atoms with van der Waals surface area (Å²) in [4.78, 5) is 49.6. The summed E-state index contributed by atoms with van der Waals surface area (Å²) in [5.74, 6) is -2.96. The number of hydrogen-bond acceptors (Lipinski definition) is 6. The molecular weight excluding hydrogens is 461 g/mol. The second-order valence-corrected chi connectivity index (χ2v) is 8.49. The zero-order chi connectivity index (χ0) is 23.0. The number of nitrogens with one attached hydrogen (secondary N) is 2. The van der Waals surface area contributed by atoms with Crippen LogP contribution in [-0.2, 0) is 19.9 Å². The van der Waals surface area contributed by atoms with Gasteiger partial charge in [0.15, 0.2) is 6.61 Å². The van der Waals surface area contributed by atoms with Gasteiger partial charge in [-0.15, -0.1) is 11.3 Å². The Balaban J connectivity index is 1.41. The lowest BCUT2D eigenvalue weighted by Gasteiger charge is -2.22. The second-order valence-electron chi connectivity index (χ2n) is 7.06. The van der Waals surface area contributed by atoms with Crippen LogP contribution in [0.3, 0.4) is 0 Å². The highest BCUT2D eigenvalue weighted by Gasteiger charge is 2.50. The van der Waals surface area contributed by atoms with Crippen LogP contribution in [-0.4, -0.2) is 35.4 Å². The third-order valence-electron chi connectivity index (χ3n) is 4.89. The number of imide groups is 1. The first-order chi connectivity index (χ1) is 15.2. The number of fused-ring (bicyclic) bond motifs is 1. The highest BCUT2D eigenvalue weighted by Crippen LogP contribution is 2.36. The van der Waals surface area contributed by atoms with Crippen molar-refractivity contribution in [3.05, 3.63) is 69.8 Å². The quantitative estimate of drug-likeness (QED) is 0.435. The molecule has 1 aliphatic rings. The predicted octanol–water partition coefficient (Wildman–Crippen LogP) is 3.35. The molecule has 164 valence electrons. The Labute approximate surface area is 189 Å². The van der Waals surface area contributed by atoms with Crippen molar-refractivity contribution < 1.29 is 28.3 Å². The molecule has 0 aliphatic carbocycles. The van der Waals surface area contributed by atoms with E-state index < -0.39 is 41.8 Å². The molecule has 0 bridgehead atoms. The van der Waals surface area contributed by atoms with Crippen molar-refractivity contribution in [1.29, 1.82) is 0 Å². The van der Waals surface area contributed by atoms with Gasteiger partial charge >= 0.3 is 12.0 Å². The van der Waals surface area contributed by atoms with Gasteiger partial charge in [0.05, 0.1) is 5.02 Å². The number of carbonyl (C=O) groups excluding carboxylic acids is 4. The van der Waals surface area contributed by atoms with Crippen molar-refractivity contribution in [2.75, 3.05) is 6.61 Å². The monoisotopic (exact) mass is 475 g/mol. The number of nitrogens with zero attached hydrogens (tertiary/aromatic N) is 1. The zero-order valence-corrected chi connectivity index (χ0v) is 18.1. The van der Waals surface area contributed by atoms with Crippen LogP contribution < -0.4 is 10.7 Å². The largest absolute Gasteiger partial charge is 0.451 e. The Bertz CT molecular complexity index is 1270. The van der Waals surface area contributed by atoms with E-state index in [0.29, 0.717) is 20.7 Å². The van der Waals surface area contributed by atoms with Crippen LogP contribution in [0.5, 0.6) is 0 Å². The number of hydrazine groups is 1. The normalized spacial score (nSPS) is 18.0. The molecule has 1 atom stereocenters. The van der Waals surface area contributed by atoms with Crippen molar-refractivity contribution in [3.63, 3.8) is 0 Å². The minimum absolute atomic E-state index is 0.00621. The summed E-state index contributed by atoms with van der Waals surface area (Å²) in [6, 6.07) is 11.6. The number of esters is 1. The lowest BCUT2D eigenvalue weighted by Crippen LogP contribution is -2.49. The fourth-order valence-corrected chi connectivity index (χ4v) is 4.66. The van der Waals surface area contributed by atoms with E-state index in [-0.39, 0.29) is 9.90 Å². The second kappa shape index (κ2) is 8.21. The van der Waals surface area contributed by atoms with Gasteiger partial charge in [0, 0.05) is 10.1 Å². The number of amides is 4. The van der Waals surface area contributed by atoms with Gasteiger partial charge in [0.1, 0.15) is 16.2 Å². The molecule has 0 radical (unpaired) electrons. The van der Waals surface area contributed by atoms with E-state index in [1.165, 1.54) is 25.1 Å². The maximum Gasteiger partial charge on any atom is 0.350 e. The average molecular weight is 476 g/mol. The van der Waals surface area contributed by atoms with Gasteiger partial charge in [0.25, 0.3) is 11.8 Å². The Kier molecular flexibility index (Phi) is 5.57. The molecule has 0 saturated carbocycles. The molecule has 1 fully saturated rings. The SMILES string of the molecule is CC1(c2ccccc2)NC(=O)N(NC(=O)COC(=O)c2sc3cc(F)ccc3c2Cl)C1=O. The van der Waals surface area contributed by atoms with Crippen LogP contribution in [0.15, 0.2) is 48.5 Å². The van der Waals surface area contributed by atoms with Gasteiger partial charge in [-0.1, -0.05) is 41.9 Å². The highest BCUT2D eigenvalue weighted by molar-refractivity contribution is 7.21. The van der Waals surface area contributed by atoms with Crippen LogP contribution in [0, 0.1) is 5.82 Å². The minimum atomic E-state index is -1.36. The summed E-state index contributed by atoms with van der Waals surface area (Å²) in [5.41, 5.74) is 1.32. The standard InChI is InChI=1S/C21H15ClFN3O5S/c1-21(11-5-3-2-4-6-11)19(29)26(20(30)24-21)25-15(27)10-31-18(28)17-16(22)13-8-7-12(23)9-14(13)32-17/h2-9H,10H2,1H3,(H,24,30)(H,25,27). The molecule has 1 unspecified atom stereocenters. The van der Waals surface area contributed by atoms with Crippen molar-refractivity contribution >= 4 is 56.8 Å². The Morgan fingerprint density at radius 1 is 1.22 bits per heavy atom. The van der Waals surface area contributed by atoms with Gasteiger partial charge < -0.3 is 10.1 Å². The molecule has 4 rings (SSSR count). The molecule has 1 aliphatic heterocycles. The van der Waals surface area contributed by atoms with Crippen molar-refractivity contribution in [3.8, 4) is 0 Å². The number of benzene rings is 2. The summed E-state index contributed by atoms with van der Waals surface area (Å²) in [5, 5.41) is 3.64. The molecule has 2 N–H and O–H groups in total. The molecule has 2 heterocycles. The van der Waals surface area contributed by atoms with Crippen molar-refractivity contribution in [2.45, 2.75) is 12.5 Å². The molecule has 8 nitrogen and oxygen atoms in total. The molecule has 3 aromatic rings. The Morgan fingerprint density at radius 2 is 1.94 bits per heavy atom. The number of carbonyl (C=O) groups is 4. The highest BCUT2D eigenvalue weighted by atomic mass is 35.5. The Morgan fingerprint density at radius 3 is 2.66 bits per heavy atom. The zero-order valence-electron chi connectivity index (χ0n) is 16.5. The van der Waals surface area contributed by atoms with Gasteiger partial charge in [0.2, 0.25) is 0 Å². The topological polar surface area (TPSA) is 105 Å². The fourth-order valence-electron chi connectivity index (χ4n) is 3.23. The van der Waals surface area contributed by atoms with E-state index in [0.717, 1.165) is 11.3 Å². The molecule has 2 aromatic carbocycles. The molecule has 1 aromatic heterocycles. The van der Waals surface area contributed by atoms with Gasteiger partial charge in [-0.3, -0.25) is 15.0 Å². The van der Waals surface area contributed by atoms with Crippen molar-refractivity contribution in [2.24, 2.45) is 0 Å². The van der Waals surface area contributed by atoms with E-state index in [9.17, 15) is 23.6 Å². The summed E-state index contributed by atoms with van der Waals surface area (Å²) in [6.45, 7) is 0.748. The van der Waals surface area contributed by atoms with Gasteiger partial charge in [-0.25, -0.2) is 14.0 Å². The van der Waals surface area contributed by atoms with E-state index in [4.69, 9.17) is 16.3 Å². The number of thiophene rings is 1. The van der Waals surface area contributed by atoms with Crippen LogP contribution >= 0.6 is 22.9 Å². The van der Waals surface area contributed by atoms with Crippen molar-refractivity contribution in [1.82, 2.24) is 15.8 Å². The molecule has 4 amide bonds. The van der Waals surface area contributed by atoms with Crippen LogP contribution in [0.2, 0.25) is 5.02 Å². The molecule has 1 saturated heterocycles. The average Bonchev–Trinajstić information content (AvgIpc) is 3.21.